The van der Waals surface area contributed by atoms with Crippen molar-refractivity contribution in [2.24, 2.45) is 4.99 Å². The number of anilines is 1. The Kier molecular flexibility index (Phi) is 2.77. The van der Waals surface area contributed by atoms with E-state index >= 15 is 0 Å². The Morgan fingerprint density at radius 1 is 1.50 bits per heavy atom. The molecule has 2 N–H and O–H groups in total. The van der Waals surface area contributed by atoms with Crippen LogP contribution in [0.25, 0.3) is 0 Å². The molecule has 0 aromatic heterocycles. The topological polar surface area (TPSA) is 38.4 Å². The van der Waals surface area contributed by atoms with E-state index in [9.17, 15) is 0 Å². The van der Waals surface area contributed by atoms with Crippen LogP contribution < -0.4 is 5.73 Å². The first kappa shape index (κ1) is 9.59. The summed E-state index contributed by atoms with van der Waals surface area (Å²) in [5, 5.41) is 1.11. The molecule has 3 heteroatoms. The molecule has 0 bridgehead atoms. The predicted molar refractivity (Wildman–Crippen MR) is 63.9 cm³/mol. The van der Waals surface area contributed by atoms with E-state index in [0.29, 0.717) is 6.04 Å². The van der Waals surface area contributed by atoms with E-state index in [1.54, 1.807) is 0 Å². The fourth-order valence-electron chi connectivity index (χ4n) is 1.46. The average Bonchev–Trinajstić information content (AvgIpc) is 2.67. The highest BCUT2D eigenvalue weighted by molar-refractivity contribution is 8.14. The van der Waals surface area contributed by atoms with Crippen molar-refractivity contribution in [1.82, 2.24) is 0 Å². The Morgan fingerprint density at radius 3 is 2.93 bits per heavy atom. The fourth-order valence-corrected chi connectivity index (χ4v) is 2.69. The Morgan fingerprint density at radius 2 is 2.29 bits per heavy atom. The lowest BCUT2D eigenvalue weighted by Crippen LogP contribution is -2.00. The molecule has 1 atom stereocenters. The highest BCUT2D eigenvalue weighted by Gasteiger charge is 2.18. The van der Waals surface area contributed by atoms with Crippen LogP contribution in [0.15, 0.2) is 29.3 Å². The van der Waals surface area contributed by atoms with E-state index in [0.717, 1.165) is 28.5 Å². The number of aliphatic imine (C=N–C) groups is 1. The molecule has 1 heterocycles. The molecule has 0 radical (unpaired) electrons. The van der Waals surface area contributed by atoms with Gasteiger partial charge in [-0.05, 0) is 12.5 Å². The van der Waals surface area contributed by atoms with Gasteiger partial charge in [-0.15, -0.1) is 11.8 Å². The Hall–Kier alpha value is -0.960. The van der Waals surface area contributed by atoms with Gasteiger partial charge < -0.3 is 5.73 Å². The molecule has 74 valence electrons. The van der Waals surface area contributed by atoms with Crippen molar-refractivity contribution in [2.75, 3.05) is 11.5 Å². The summed E-state index contributed by atoms with van der Waals surface area (Å²) >= 11 is 1.81. The molecule has 0 saturated carbocycles. The molecule has 1 unspecified atom stereocenters. The number of para-hydroxylation sites is 1. The zero-order chi connectivity index (χ0) is 9.97. The fraction of sp³-hybridized carbons (Fsp3) is 0.364. The lowest BCUT2D eigenvalue weighted by molar-refractivity contribution is 0.738. The van der Waals surface area contributed by atoms with Crippen LogP contribution in [0.4, 0.5) is 5.69 Å². The number of rotatable bonds is 2. The first-order valence-corrected chi connectivity index (χ1v) is 5.85. The van der Waals surface area contributed by atoms with Crippen molar-refractivity contribution in [3.05, 3.63) is 29.8 Å². The van der Waals surface area contributed by atoms with Crippen molar-refractivity contribution < 1.29 is 0 Å². The number of nitrogen functional groups attached to an aromatic ring is 1. The molecule has 2 rings (SSSR count). The van der Waals surface area contributed by atoms with E-state index in [1.165, 1.54) is 0 Å². The van der Waals surface area contributed by atoms with E-state index < -0.39 is 0 Å². The molecule has 1 aliphatic heterocycles. The zero-order valence-electron chi connectivity index (χ0n) is 8.23. The van der Waals surface area contributed by atoms with Crippen molar-refractivity contribution in [2.45, 2.75) is 19.4 Å². The van der Waals surface area contributed by atoms with Crippen molar-refractivity contribution in [3.8, 4) is 0 Å². The summed E-state index contributed by atoms with van der Waals surface area (Å²) in [6, 6.07) is 8.41. The van der Waals surface area contributed by atoms with Gasteiger partial charge in [0.05, 0.1) is 6.04 Å². The minimum Gasteiger partial charge on any atom is -0.398 e. The van der Waals surface area contributed by atoms with Gasteiger partial charge in [0.2, 0.25) is 0 Å². The highest BCUT2D eigenvalue weighted by Crippen LogP contribution is 2.27. The van der Waals surface area contributed by atoms with Gasteiger partial charge in [0, 0.05) is 17.0 Å². The second kappa shape index (κ2) is 4.05. The van der Waals surface area contributed by atoms with Crippen molar-refractivity contribution in [3.63, 3.8) is 0 Å². The van der Waals surface area contributed by atoms with E-state index in [1.807, 2.05) is 36.0 Å². The van der Waals surface area contributed by atoms with Gasteiger partial charge >= 0.3 is 0 Å². The number of hydrogen-bond acceptors (Lipinski definition) is 3. The van der Waals surface area contributed by atoms with Crippen LogP contribution in [0.3, 0.4) is 0 Å². The molecule has 1 aromatic rings. The van der Waals surface area contributed by atoms with E-state index in [2.05, 4.69) is 11.9 Å². The van der Waals surface area contributed by atoms with Crippen LogP contribution in [0.2, 0.25) is 0 Å². The van der Waals surface area contributed by atoms with Crippen LogP contribution in [0.5, 0.6) is 0 Å². The number of nitrogens with two attached hydrogens (primary N) is 1. The molecular weight excluding hydrogens is 192 g/mol. The van der Waals surface area contributed by atoms with Crippen LogP contribution in [0.1, 0.15) is 18.9 Å². The lowest BCUT2D eigenvalue weighted by Gasteiger charge is -2.02. The number of nitrogens with zero attached hydrogens (tertiary/aromatic N) is 1. The Labute approximate surface area is 88.6 Å². The van der Waals surface area contributed by atoms with Gasteiger partial charge in [0.1, 0.15) is 5.04 Å². The Balaban J connectivity index is 2.28. The molecular formula is C11H14N2S. The smallest absolute Gasteiger partial charge is 0.100 e. The lowest BCUT2D eigenvalue weighted by atomic mass is 10.2. The van der Waals surface area contributed by atoms with Gasteiger partial charge in [-0.25, -0.2) is 0 Å². The SMILES string of the molecule is CCC1CSC(c2ccccc2N)=N1. The van der Waals surface area contributed by atoms with E-state index in [-0.39, 0.29) is 0 Å². The maximum absolute atomic E-state index is 5.89. The molecule has 0 amide bonds. The van der Waals surface area contributed by atoms with Crippen LogP contribution in [-0.2, 0) is 0 Å². The third-order valence-corrected chi connectivity index (χ3v) is 3.52. The van der Waals surface area contributed by atoms with Crippen LogP contribution in [0, 0.1) is 0 Å². The van der Waals surface area contributed by atoms with Crippen molar-refractivity contribution in [1.29, 1.82) is 0 Å². The second-order valence-corrected chi connectivity index (χ2v) is 4.40. The van der Waals surface area contributed by atoms with Gasteiger partial charge in [0.25, 0.3) is 0 Å². The molecule has 14 heavy (non-hydrogen) atoms. The van der Waals surface area contributed by atoms with Gasteiger partial charge in [-0.3, -0.25) is 4.99 Å². The quantitative estimate of drug-likeness (QED) is 0.755. The van der Waals surface area contributed by atoms with Crippen LogP contribution in [-0.4, -0.2) is 16.8 Å². The largest absolute Gasteiger partial charge is 0.398 e. The summed E-state index contributed by atoms with van der Waals surface area (Å²) < 4.78 is 0. The minimum atomic E-state index is 0.481. The number of thioether (sulfide) groups is 1. The van der Waals surface area contributed by atoms with Gasteiger partial charge in [0.15, 0.2) is 0 Å². The first-order valence-electron chi connectivity index (χ1n) is 4.86. The molecule has 2 nitrogen and oxygen atoms in total. The summed E-state index contributed by atoms with van der Waals surface area (Å²) in [7, 11) is 0. The first-order chi connectivity index (χ1) is 6.81. The number of benzene rings is 1. The maximum Gasteiger partial charge on any atom is 0.100 e. The zero-order valence-corrected chi connectivity index (χ0v) is 9.05. The minimum absolute atomic E-state index is 0.481. The molecule has 0 saturated heterocycles. The molecule has 1 aliphatic rings. The molecule has 0 spiro atoms. The maximum atomic E-state index is 5.89. The standard InChI is InChI=1S/C11H14N2S/c1-2-8-7-14-11(13-8)9-5-3-4-6-10(9)12/h3-6,8H,2,7,12H2,1H3. The van der Waals surface area contributed by atoms with Gasteiger partial charge in [-0.2, -0.15) is 0 Å². The average molecular weight is 206 g/mol. The number of hydrogen-bond donors (Lipinski definition) is 1. The normalized spacial score (nSPS) is 20.9. The monoisotopic (exact) mass is 206 g/mol. The summed E-state index contributed by atoms with van der Waals surface area (Å²) in [5.74, 6) is 1.10. The third kappa shape index (κ3) is 1.77. The summed E-state index contributed by atoms with van der Waals surface area (Å²) in [6.45, 7) is 2.17. The summed E-state index contributed by atoms with van der Waals surface area (Å²) in [6.07, 6.45) is 1.11. The molecule has 0 fully saturated rings. The van der Waals surface area contributed by atoms with Gasteiger partial charge in [-0.1, -0.05) is 25.1 Å². The molecule has 0 aliphatic carbocycles. The Bertz CT molecular complexity index is 360. The van der Waals surface area contributed by atoms with E-state index in [4.69, 9.17) is 5.73 Å². The second-order valence-electron chi connectivity index (χ2n) is 3.39. The third-order valence-electron chi connectivity index (χ3n) is 2.37. The predicted octanol–water partition coefficient (Wildman–Crippen LogP) is 2.54. The molecule has 1 aromatic carbocycles. The summed E-state index contributed by atoms with van der Waals surface area (Å²) in [5.41, 5.74) is 7.81. The van der Waals surface area contributed by atoms with Crippen molar-refractivity contribution >= 4 is 22.5 Å². The highest BCUT2D eigenvalue weighted by atomic mass is 32.2. The summed E-state index contributed by atoms with van der Waals surface area (Å²) in [4.78, 5) is 4.64. The van der Waals surface area contributed by atoms with Crippen LogP contribution >= 0.6 is 11.8 Å².